The smallest absolute Gasteiger partial charge is 0.330 e. The Bertz CT molecular complexity index is 585. The minimum atomic E-state index is -1.04. The summed E-state index contributed by atoms with van der Waals surface area (Å²) >= 11 is 1.80. The number of hydrogen-bond acceptors (Lipinski definition) is 6. The van der Waals surface area contributed by atoms with Gasteiger partial charge in [-0.1, -0.05) is 0 Å². The predicted octanol–water partition coefficient (Wildman–Crippen LogP) is -0.939. The number of aromatic nitrogens is 2. The van der Waals surface area contributed by atoms with Crippen molar-refractivity contribution in [2.75, 3.05) is 20.8 Å². The summed E-state index contributed by atoms with van der Waals surface area (Å²) < 4.78 is 17.3. The third-order valence-electron chi connectivity index (χ3n) is 3.11. The van der Waals surface area contributed by atoms with Crippen LogP contribution in [0.2, 0.25) is 0 Å². The molecule has 0 radical (unpaired) electrons. The highest BCUT2D eigenvalue weighted by atomic mass is 127. The molecule has 1 aromatic heterocycles. The lowest BCUT2D eigenvalue weighted by Gasteiger charge is -2.18. The van der Waals surface area contributed by atoms with E-state index < -0.39 is 35.8 Å². The zero-order valence-corrected chi connectivity index (χ0v) is 13.1. The molecular formula is C11H15IN2O6. The topological polar surface area (TPSA) is 103 Å². The van der Waals surface area contributed by atoms with Gasteiger partial charge in [0.05, 0.1) is 10.2 Å². The number of nitrogens with zero attached hydrogens (tertiary/aromatic N) is 1. The first kappa shape index (κ1) is 15.6. The highest BCUT2D eigenvalue weighted by Crippen LogP contribution is 2.30. The molecule has 2 rings (SSSR count). The average molecular weight is 398 g/mol. The summed E-state index contributed by atoms with van der Waals surface area (Å²) in [5, 5.41) is 10.2. The van der Waals surface area contributed by atoms with Crippen LogP contribution in [0.3, 0.4) is 0 Å². The van der Waals surface area contributed by atoms with Crippen molar-refractivity contribution in [3.05, 3.63) is 30.6 Å². The minimum absolute atomic E-state index is 0.223. The molecule has 0 aromatic carbocycles. The number of aromatic amines is 1. The van der Waals surface area contributed by atoms with Gasteiger partial charge in [0.2, 0.25) is 0 Å². The van der Waals surface area contributed by atoms with Crippen LogP contribution in [0.15, 0.2) is 15.8 Å². The summed E-state index contributed by atoms with van der Waals surface area (Å²) in [6.45, 7) is 0.223. The summed E-state index contributed by atoms with van der Waals surface area (Å²) in [7, 11) is 2.95. The van der Waals surface area contributed by atoms with E-state index in [4.69, 9.17) is 14.2 Å². The molecule has 1 saturated heterocycles. The van der Waals surface area contributed by atoms with Crippen molar-refractivity contribution in [1.29, 1.82) is 0 Å². The number of aliphatic hydroxyl groups is 1. The van der Waals surface area contributed by atoms with Crippen LogP contribution >= 0.6 is 22.6 Å². The Morgan fingerprint density at radius 2 is 2.20 bits per heavy atom. The molecule has 1 aliphatic heterocycles. The van der Waals surface area contributed by atoms with E-state index in [9.17, 15) is 14.7 Å². The van der Waals surface area contributed by atoms with Crippen molar-refractivity contribution < 1.29 is 19.3 Å². The second-order valence-corrected chi connectivity index (χ2v) is 5.52. The van der Waals surface area contributed by atoms with E-state index in [-0.39, 0.29) is 6.61 Å². The van der Waals surface area contributed by atoms with Crippen molar-refractivity contribution >= 4 is 22.6 Å². The summed E-state index contributed by atoms with van der Waals surface area (Å²) in [6, 6.07) is 0. The molecular weight excluding hydrogens is 383 g/mol. The molecule has 0 amide bonds. The molecule has 2 N–H and O–H groups in total. The predicted molar refractivity (Wildman–Crippen MR) is 76.6 cm³/mol. The average Bonchev–Trinajstić information content (AvgIpc) is 2.71. The van der Waals surface area contributed by atoms with Crippen LogP contribution in [-0.4, -0.2) is 53.8 Å². The van der Waals surface area contributed by atoms with Gasteiger partial charge in [-0.05, 0) is 22.6 Å². The zero-order valence-electron chi connectivity index (χ0n) is 10.9. The van der Waals surface area contributed by atoms with Crippen LogP contribution in [-0.2, 0) is 14.2 Å². The van der Waals surface area contributed by atoms with E-state index in [0.29, 0.717) is 3.57 Å². The number of nitrogens with one attached hydrogen (secondary N) is 1. The van der Waals surface area contributed by atoms with Gasteiger partial charge < -0.3 is 19.3 Å². The summed E-state index contributed by atoms with van der Waals surface area (Å²) in [6.07, 6.45) is -1.74. The summed E-state index contributed by atoms with van der Waals surface area (Å²) in [4.78, 5) is 25.3. The van der Waals surface area contributed by atoms with Crippen LogP contribution in [0, 0.1) is 3.57 Å². The number of ether oxygens (including phenoxy) is 3. The number of hydrogen-bond donors (Lipinski definition) is 2. The maximum absolute atomic E-state index is 11.8. The zero-order chi connectivity index (χ0) is 14.9. The first-order valence-corrected chi connectivity index (χ1v) is 6.93. The molecule has 1 aromatic rings. The first-order chi connectivity index (χ1) is 9.49. The van der Waals surface area contributed by atoms with Gasteiger partial charge in [-0.3, -0.25) is 14.3 Å². The highest BCUT2D eigenvalue weighted by Gasteiger charge is 2.45. The van der Waals surface area contributed by atoms with Gasteiger partial charge in [0.1, 0.15) is 18.3 Å². The maximum Gasteiger partial charge on any atom is 0.330 e. The van der Waals surface area contributed by atoms with Gasteiger partial charge in [0.25, 0.3) is 5.56 Å². The van der Waals surface area contributed by atoms with E-state index >= 15 is 0 Å². The largest absolute Gasteiger partial charge is 0.386 e. The van der Waals surface area contributed by atoms with Gasteiger partial charge in [-0.25, -0.2) is 4.79 Å². The van der Waals surface area contributed by atoms with Gasteiger partial charge in [-0.15, -0.1) is 0 Å². The van der Waals surface area contributed by atoms with E-state index in [1.165, 1.54) is 20.4 Å². The fourth-order valence-electron chi connectivity index (χ4n) is 2.19. The minimum Gasteiger partial charge on any atom is -0.386 e. The number of halogens is 1. The molecule has 1 fully saturated rings. The van der Waals surface area contributed by atoms with Crippen molar-refractivity contribution in [3.8, 4) is 0 Å². The lowest BCUT2D eigenvalue weighted by Crippen LogP contribution is -2.39. The van der Waals surface area contributed by atoms with Crippen LogP contribution in [0.5, 0.6) is 0 Å². The molecule has 1 aliphatic rings. The molecule has 0 bridgehead atoms. The molecule has 2 heterocycles. The van der Waals surface area contributed by atoms with Crippen molar-refractivity contribution in [2.45, 2.75) is 24.5 Å². The molecule has 0 spiro atoms. The van der Waals surface area contributed by atoms with Gasteiger partial charge in [0.15, 0.2) is 6.23 Å². The number of aliphatic hydroxyl groups excluding tert-OH is 1. The second kappa shape index (κ2) is 6.35. The number of methoxy groups -OCH3 is 2. The monoisotopic (exact) mass is 398 g/mol. The molecule has 0 saturated carbocycles. The van der Waals surface area contributed by atoms with Crippen molar-refractivity contribution in [3.63, 3.8) is 0 Å². The van der Waals surface area contributed by atoms with Crippen molar-refractivity contribution in [1.82, 2.24) is 9.55 Å². The van der Waals surface area contributed by atoms with E-state index in [0.717, 1.165) is 4.57 Å². The summed E-state index contributed by atoms with van der Waals surface area (Å²) in [5.41, 5.74) is -1.12. The molecule has 20 heavy (non-hydrogen) atoms. The van der Waals surface area contributed by atoms with E-state index in [2.05, 4.69) is 4.98 Å². The Balaban J connectivity index is 2.36. The highest BCUT2D eigenvalue weighted by molar-refractivity contribution is 14.1. The molecule has 1 unspecified atom stereocenters. The quantitative estimate of drug-likeness (QED) is 0.635. The fraction of sp³-hybridized carbons (Fsp3) is 0.636. The lowest BCUT2D eigenvalue weighted by molar-refractivity contribution is -0.0641. The van der Waals surface area contributed by atoms with Crippen LogP contribution in [0.25, 0.3) is 0 Å². The standard InChI is InChI=1S/C11H15IN2O6/c1-18-4-6-8(19-2)7(15)10(20-6)14-3-5(12)9(16)13-11(14)17/h3,6-8,10,15H,4H2,1-2H3,(H,13,16,17)/t6-,7+,8?,10-/m1/s1. The Morgan fingerprint density at radius 1 is 1.50 bits per heavy atom. The van der Waals surface area contributed by atoms with Crippen LogP contribution in [0.1, 0.15) is 6.23 Å². The Hall–Kier alpha value is -0.750. The van der Waals surface area contributed by atoms with Gasteiger partial charge in [0, 0.05) is 20.4 Å². The van der Waals surface area contributed by atoms with Gasteiger partial charge >= 0.3 is 5.69 Å². The summed E-state index contributed by atoms with van der Waals surface area (Å²) in [5.74, 6) is 0. The molecule has 0 aliphatic carbocycles. The Kier molecular flexibility index (Phi) is 4.96. The Labute approximate surface area is 127 Å². The normalized spacial score (nSPS) is 29.8. The molecule has 8 nitrogen and oxygen atoms in total. The number of rotatable bonds is 4. The maximum atomic E-state index is 11.8. The third kappa shape index (κ3) is 2.81. The molecule has 4 atom stereocenters. The number of H-pyrrole nitrogens is 1. The lowest BCUT2D eigenvalue weighted by atomic mass is 10.1. The van der Waals surface area contributed by atoms with Crippen molar-refractivity contribution in [2.24, 2.45) is 0 Å². The van der Waals surface area contributed by atoms with Crippen LogP contribution in [0.4, 0.5) is 0 Å². The van der Waals surface area contributed by atoms with Gasteiger partial charge in [-0.2, -0.15) is 0 Å². The SMILES string of the molecule is COC[C@H]1O[C@@H](n2cc(I)c(=O)[nH]c2=O)[C@@H](O)C1OC. The van der Waals surface area contributed by atoms with E-state index in [1.54, 1.807) is 22.6 Å². The first-order valence-electron chi connectivity index (χ1n) is 5.85. The molecule has 9 heteroatoms. The molecule has 112 valence electrons. The van der Waals surface area contributed by atoms with E-state index in [1.807, 2.05) is 0 Å². The Morgan fingerprint density at radius 3 is 2.80 bits per heavy atom. The fourth-order valence-corrected chi connectivity index (χ4v) is 2.62. The second-order valence-electron chi connectivity index (χ2n) is 4.35. The third-order valence-corrected chi connectivity index (χ3v) is 3.88. The van der Waals surface area contributed by atoms with Crippen LogP contribution < -0.4 is 11.2 Å².